The van der Waals surface area contributed by atoms with Crippen molar-refractivity contribution < 1.29 is 19.5 Å². The molecule has 0 saturated heterocycles. The van der Waals surface area contributed by atoms with Gasteiger partial charge in [0, 0.05) is 17.2 Å². The first-order chi connectivity index (χ1) is 11.1. The molecule has 0 aliphatic heterocycles. The van der Waals surface area contributed by atoms with Crippen molar-refractivity contribution in [3.8, 4) is 11.1 Å². The van der Waals surface area contributed by atoms with E-state index in [0.717, 1.165) is 22.9 Å². The molecule has 2 aromatic rings. The first-order valence-corrected chi connectivity index (χ1v) is 8.13. The second-order valence-electron chi connectivity index (χ2n) is 5.03. The van der Waals surface area contributed by atoms with Gasteiger partial charge in [-0.05, 0) is 11.1 Å². The summed E-state index contributed by atoms with van der Waals surface area (Å²) in [4.78, 5) is 33.8. The zero-order valence-electron chi connectivity index (χ0n) is 12.3. The molecule has 118 valence electrons. The fraction of sp³-hybridized carbons (Fsp3) is 0.167. The number of aliphatic carboxylic acids is 1. The third-order valence-corrected chi connectivity index (χ3v) is 4.16. The summed E-state index contributed by atoms with van der Waals surface area (Å²) in [6.45, 7) is 0. The van der Waals surface area contributed by atoms with Gasteiger partial charge < -0.3 is 5.11 Å². The molecule has 1 unspecified atom stereocenters. The highest BCUT2D eigenvalue weighted by molar-refractivity contribution is 8.11. The third-order valence-electron chi connectivity index (χ3n) is 3.43. The Hall–Kier alpha value is -2.40. The van der Waals surface area contributed by atoms with Crippen LogP contribution in [0.3, 0.4) is 0 Å². The van der Waals surface area contributed by atoms with E-state index in [1.54, 1.807) is 12.1 Å². The van der Waals surface area contributed by atoms with Crippen LogP contribution in [0.1, 0.15) is 16.8 Å². The predicted molar refractivity (Wildman–Crippen MR) is 91.2 cm³/mol. The predicted octanol–water partition coefficient (Wildman–Crippen LogP) is 3.55. The van der Waals surface area contributed by atoms with Crippen molar-refractivity contribution in [1.82, 2.24) is 0 Å². The lowest BCUT2D eigenvalue weighted by Crippen LogP contribution is -2.21. The van der Waals surface area contributed by atoms with Gasteiger partial charge in [0.05, 0.1) is 6.42 Å². The number of thioether (sulfide) groups is 1. The maximum atomic E-state index is 12.4. The number of carbonyl (C=O) groups is 3. The molecule has 0 fully saturated rings. The van der Waals surface area contributed by atoms with Crippen LogP contribution in [0.4, 0.5) is 0 Å². The molecule has 0 aromatic heterocycles. The van der Waals surface area contributed by atoms with E-state index in [0.29, 0.717) is 11.2 Å². The van der Waals surface area contributed by atoms with Gasteiger partial charge in [0.15, 0.2) is 11.4 Å². The largest absolute Gasteiger partial charge is 0.481 e. The minimum Gasteiger partial charge on any atom is -0.481 e. The minimum atomic E-state index is -1.05. The van der Waals surface area contributed by atoms with Gasteiger partial charge in [0.25, 0.3) is 0 Å². The molecular formula is C18H16O4S. The van der Waals surface area contributed by atoms with Crippen molar-refractivity contribution in [1.29, 1.82) is 0 Å². The highest BCUT2D eigenvalue weighted by atomic mass is 32.2. The highest BCUT2D eigenvalue weighted by Crippen LogP contribution is 2.22. The van der Waals surface area contributed by atoms with Gasteiger partial charge in [0.1, 0.15) is 0 Å². The molecule has 23 heavy (non-hydrogen) atoms. The van der Waals surface area contributed by atoms with Crippen LogP contribution in [-0.4, -0.2) is 28.2 Å². The zero-order chi connectivity index (χ0) is 16.7. The van der Waals surface area contributed by atoms with E-state index in [1.807, 2.05) is 42.5 Å². The summed E-state index contributed by atoms with van der Waals surface area (Å²) in [7, 11) is 0. The quantitative estimate of drug-likeness (QED) is 0.593. The first-order valence-electron chi connectivity index (χ1n) is 7.08. The fourth-order valence-corrected chi connectivity index (χ4v) is 2.87. The first kappa shape index (κ1) is 17.0. The number of ketones is 1. The van der Waals surface area contributed by atoms with Crippen LogP contribution in [0.15, 0.2) is 54.6 Å². The van der Waals surface area contributed by atoms with Crippen LogP contribution in [0, 0.1) is 5.92 Å². The van der Waals surface area contributed by atoms with Crippen molar-refractivity contribution in [3.05, 3.63) is 60.2 Å². The molecule has 1 atom stereocenters. The molecule has 2 rings (SSSR count). The number of benzene rings is 2. The second kappa shape index (κ2) is 8.29. The van der Waals surface area contributed by atoms with Gasteiger partial charge in [-0.3, -0.25) is 14.4 Å². The number of carboxylic acid groups (broad SMARTS) is 1. The average molecular weight is 328 g/mol. The van der Waals surface area contributed by atoms with E-state index in [2.05, 4.69) is 0 Å². The molecule has 0 bridgehead atoms. The van der Waals surface area contributed by atoms with Gasteiger partial charge in [-0.1, -0.05) is 66.4 Å². The number of rotatable bonds is 8. The molecule has 0 heterocycles. The van der Waals surface area contributed by atoms with Crippen LogP contribution < -0.4 is 0 Å². The lowest BCUT2D eigenvalue weighted by atomic mass is 9.94. The van der Waals surface area contributed by atoms with Crippen molar-refractivity contribution >= 4 is 29.1 Å². The third kappa shape index (κ3) is 4.79. The van der Waals surface area contributed by atoms with Crippen LogP contribution in [0.5, 0.6) is 0 Å². The number of hydrogen-bond acceptors (Lipinski definition) is 4. The van der Waals surface area contributed by atoms with Crippen LogP contribution in [-0.2, 0) is 9.59 Å². The summed E-state index contributed by atoms with van der Waals surface area (Å²) >= 11 is 0.916. The Kier molecular flexibility index (Phi) is 6.11. The molecule has 0 radical (unpaired) electrons. The maximum Gasteiger partial charge on any atom is 0.304 e. The Morgan fingerprint density at radius 1 is 1.00 bits per heavy atom. The van der Waals surface area contributed by atoms with Gasteiger partial charge >= 0.3 is 5.97 Å². The van der Waals surface area contributed by atoms with Gasteiger partial charge in [-0.25, -0.2) is 0 Å². The van der Waals surface area contributed by atoms with E-state index < -0.39 is 11.9 Å². The Balaban J connectivity index is 2.17. The molecule has 0 amide bonds. The average Bonchev–Trinajstić information content (AvgIpc) is 2.58. The van der Waals surface area contributed by atoms with Crippen molar-refractivity contribution in [2.75, 3.05) is 5.75 Å². The van der Waals surface area contributed by atoms with E-state index >= 15 is 0 Å². The summed E-state index contributed by atoms with van der Waals surface area (Å²) in [5.74, 6) is -1.82. The highest BCUT2D eigenvalue weighted by Gasteiger charge is 2.23. The SMILES string of the molecule is O=CSCC(CC(=O)O)C(=O)c1ccc(-c2ccccc2)cc1. The Bertz CT molecular complexity index is 680. The molecule has 1 N–H and O–H groups in total. The second-order valence-corrected chi connectivity index (χ2v) is 5.89. The van der Waals surface area contributed by atoms with Gasteiger partial charge in [-0.2, -0.15) is 0 Å². The Morgan fingerprint density at radius 3 is 2.17 bits per heavy atom. The molecule has 4 nitrogen and oxygen atoms in total. The molecule has 0 spiro atoms. The summed E-state index contributed by atoms with van der Waals surface area (Å²) in [5.41, 5.74) is 3.12. The summed E-state index contributed by atoms with van der Waals surface area (Å²) < 4.78 is 0. The van der Waals surface area contributed by atoms with Gasteiger partial charge in [-0.15, -0.1) is 0 Å². The molecule has 2 aromatic carbocycles. The summed E-state index contributed by atoms with van der Waals surface area (Å²) in [5, 5.41) is 8.92. The van der Waals surface area contributed by atoms with Crippen LogP contribution in [0.2, 0.25) is 0 Å². The maximum absolute atomic E-state index is 12.4. The molecular weight excluding hydrogens is 312 g/mol. The van der Waals surface area contributed by atoms with E-state index in [9.17, 15) is 14.4 Å². The van der Waals surface area contributed by atoms with E-state index in [4.69, 9.17) is 5.11 Å². The summed E-state index contributed by atoms with van der Waals surface area (Å²) in [6.07, 6.45) is -0.278. The van der Waals surface area contributed by atoms with E-state index in [1.165, 1.54) is 0 Å². The fourth-order valence-electron chi connectivity index (χ4n) is 2.29. The minimum absolute atomic E-state index is 0.176. The number of hydrogen-bond donors (Lipinski definition) is 1. The van der Waals surface area contributed by atoms with Crippen molar-refractivity contribution in [2.45, 2.75) is 6.42 Å². The molecule has 0 saturated carbocycles. The molecule has 5 heteroatoms. The van der Waals surface area contributed by atoms with E-state index in [-0.39, 0.29) is 18.0 Å². The molecule has 0 aliphatic rings. The van der Waals surface area contributed by atoms with Crippen LogP contribution >= 0.6 is 11.8 Å². The lowest BCUT2D eigenvalue weighted by Gasteiger charge is -2.12. The van der Waals surface area contributed by atoms with Gasteiger partial charge in [0.2, 0.25) is 0 Å². The summed E-state index contributed by atoms with van der Waals surface area (Å²) in [6, 6.07) is 16.8. The monoisotopic (exact) mass is 328 g/mol. The molecule has 0 aliphatic carbocycles. The van der Waals surface area contributed by atoms with Crippen LogP contribution in [0.25, 0.3) is 11.1 Å². The zero-order valence-corrected chi connectivity index (χ0v) is 13.2. The number of carboxylic acids is 1. The Morgan fingerprint density at radius 2 is 1.61 bits per heavy atom. The smallest absolute Gasteiger partial charge is 0.304 e. The number of Topliss-reactive ketones (excluding diaryl/α,β-unsaturated/α-hetero) is 1. The Labute approximate surface area is 138 Å². The van der Waals surface area contributed by atoms with Crippen molar-refractivity contribution in [2.24, 2.45) is 5.92 Å². The topological polar surface area (TPSA) is 71.4 Å². The van der Waals surface area contributed by atoms with Crippen molar-refractivity contribution in [3.63, 3.8) is 0 Å². The lowest BCUT2D eigenvalue weighted by molar-refractivity contribution is -0.137. The standard InChI is InChI=1S/C18H16O4S/c19-12-23-11-16(10-17(20)21)18(22)15-8-6-14(7-9-15)13-4-2-1-3-5-13/h1-9,12,16H,10-11H2,(H,20,21). The number of carbonyl (C=O) groups excluding carboxylic acids is 2. The normalized spacial score (nSPS) is 11.7.